The first-order chi connectivity index (χ1) is 12.5. The molecule has 1 aliphatic heterocycles. The molecule has 1 aliphatic rings. The minimum Gasteiger partial charge on any atom is -0.360 e. The predicted molar refractivity (Wildman–Crippen MR) is 97.4 cm³/mol. The standard InChI is InChI=1S/C18H20N4O3S/c1-12-18(13(2)25-20-12)26(23,24)21-15-8-4-3-7-14(15)16-11-22-10-6-5-9-17(22)19-16/h3-4,7-8,11,21H,5-6,9-10H2,1-2H3. The topological polar surface area (TPSA) is 90.0 Å². The Morgan fingerprint density at radius 3 is 2.73 bits per heavy atom. The van der Waals surface area contributed by atoms with Crippen molar-refractivity contribution in [1.82, 2.24) is 14.7 Å². The minimum atomic E-state index is -3.80. The largest absolute Gasteiger partial charge is 0.360 e. The van der Waals surface area contributed by atoms with Crippen LogP contribution in [0.4, 0.5) is 5.69 Å². The zero-order valence-electron chi connectivity index (χ0n) is 14.7. The van der Waals surface area contributed by atoms with E-state index in [2.05, 4.69) is 14.4 Å². The summed E-state index contributed by atoms with van der Waals surface area (Å²) in [5.41, 5.74) is 2.36. The van der Waals surface area contributed by atoms with Crippen LogP contribution in [0, 0.1) is 13.8 Å². The number of rotatable bonds is 4. The number of hydrogen-bond donors (Lipinski definition) is 1. The molecule has 0 aliphatic carbocycles. The maximum Gasteiger partial charge on any atom is 0.267 e. The molecule has 0 bridgehead atoms. The predicted octanol–water partition coefficient (Wildman–Crippen LogP) is 3.29. The van der Waals surface area contributed by atoms with Crippen LogP contribution in [-0.4, -0.2) is 23.1 Å². The van der Waals surface area contributed by atoms with Crippen LogP contribution < -0.4 is 4.72 Å². The average molecular weight is 372 g/mol. The lowest BCUT2D eigenvalue weighted by atomic mass is 10.1. The van der Waals surface area contributed by atoms with E-state index < -0.39 is 10.0 Å². The van der Waals surface area contributed by atoms with Crippen LogP contribution in [0.2, 0.25) is 0 Å². The van der Waals surface area contributed by atoms with Crippen molar-refractivity contribution in [3.8, 4) is 11.3 Å². The van der Waals surface area contributed by atoms with E-state index in [0.29, 0.717) is 11.4 Å². The number of hydrogen-bond acceptors (Lipinski definition) is 5. The molecule has 136 valence electrons. The van der Waals surface area contributed by atoms with Crippen molar-refractivity contribution in [2.75, 3.05) is 4.72 Å². The molecule has 7 nitrogen and oxygen atoms in total. The Hall–Kier alpha value is -2.61. The number of anilines is 1. The van der Waals surface area contributed by atoms with Crippen LogP contribution in [0.3, 0.4) is 0 Å². The van der Waals surface area contributed by atoms with Gasteiger partial charge in [-0.25, -0.2) is 13.4 Å². The van der Waals surface area contributed by atoms with Gasteiger partial charge in [-0.05, 0) is 32.8 Å². The Morgan fingerprint density at radius 2 is 2.00 bits per heavy atom. The third kappa shape index (κ3) is 2.90. The summed E-state index contributed by atoms with van der Waals surface area (Å²) in [4.78, 5) is 4.79. The molecule has 0 unspecified atom stereocenters. The van der Waals surface area contributed by atoms with Gasteiger partial charge in [0.15, 0.2) is 10.7 Å². The van der Waals surface area contributed by atoms with E-state index in [-0.39, 0.29) is 10.7 Å². The van der Waals surface area contributed by atoms with E-state index in [4.69, 9.17) is 9.51 Å². The number of fused-ring (bicyclic) bond motifs is 1. The number of nitrogens with zero attached hydrogens (tertiary/aromatic N) is 3. The lowest BCUT2D eigenvalue weighted by Crippen LogP contribution is -2.15. The first kappa shape index (κ1) is 16.8. The van der Waals surface area contributed by atoms with E-state index >= 15 is 0 Å². The number of nitrogens with one attached hydrogen (secondary N) is 1. The van der Waals surface area contributed by atoms with Crippen molar-refractivity contribution >= 4 is 15.7 Å². The van der Waals surface area contributed by atoms with Gasteiger partial charge in [0.2, 0.25) is 0 Å². The Labute approximate surface area is 152 Å². The molecule has 2 aromatic heterocycles. The molecule has 0 saturated carbocycles. The molecule has 1 aromatic carbocycles. The Balaban J connectivity index is 1.74. The summed E-state index contributed by atoms with van der Waals surface area (Å²) >= 11 is 0. The molecule has 0 saturated heterocycles. The fraction of sp³-hybridized carbons (Fsp3) is 0.333. The van der Waals surface area contributed by atoms with Crippen LogP contribution in [0.5, 0.6) is 0 Å². The zero-order valence-corrected chi connectivity index (χ0v) is 15.5. The van der Waals surface area contributed by atoms with E-state index in [0.717, 1.165) is 42.9 Å². The van der Waals surface area contributed by atoms with Crippen molar-refractivity contribution < 1.29 is 12.9 Å². The minimum absolute atomic E-state index is 0.0800. The third-order valence-corrected chi connectivity index (χ3v) is 6.20. The summed E-state index contributed by atoms with van der Waals surface area (Å²) in [5.74, 6) is 1.32. The van der Waals surface area contributed by atoms with Crippen LogP contribution in [0.25, 0.3) is 11.3 Å². The first-order valence-electron chi connectivity index (χ1n) is 8.57. The maximum absolute atomic E-state index is 12.8. The molecule has 3 aromatic rings. The quantitative estimate of drug-likeness (QED) is 0.759. The highest BCUT2D eigenvalue weighted by atomic mass is 32.2. The monoisotopic (exact) mass is 372 g/mol. The van der Waals surface area contributed by atoms with Crippen molar-refractivity contribution in [3.63, 3.8) is 0 Å². The summed E-state index contributed by atoms with van der Waals surface area (Å²) in [6.45, 7) is 4.15. The van der Waals surface area contributed by atoms with Crippen LogP contribution in [0.15, 0.2) is 39.9 Å². The smallest absolute Gasteiger partial charge is 0.267 e. The highest BCUT2D eigenvalue weighted by Gasteiger charge is 2.25. The molecule has 0 atom stereocenters. The van der Waals surface area contributed by atoms with Gasteiger partial charge in [-0.15, -0.1) is 0 Å². The molecule has 0 amide bonds. The van der Waals surface area contributed by atoms with E-state index in [1.54, 1.807) is 26.0 Å². The second-order valence-electron chi connectivity index (χ2n) is 6.50. The van der Waals surface area contributed by atoms with Gasteiger partial charge in [0.05, 0.1) is 11.4 Å². The summed E-state index contributed by atoms with van der Waals surface area (Å²) in [6, 6.07) is 7.29. The summed E-state index contributed by atoms with van der Waals surface area (Å²) in [7, 11) is -3.80. The van der Waals surface area contributed by atoms with E-state index in [9.17, 15) is 8.42 Å². The van der Waals surface area contributed by atoms with Gasteiger partial charge in [0.1, 0.15) is 11.5 Å². The van der Waals surface area contributed by atoms with Crippen molar-refractivity contribution in [1.29, 1.82) is 0 Å². The molecular formula is C18H20N4O3S. The summed E-state index contributed by atoms with van der Waals surface area (Å²) < 4.78 is 35.5. The molecule has 0 fully saturated rings. The number of imidazole rings is 1. The van der Waals surface area contributed by atoms with Gasteiger partial charge < -0.3 is 9.09 Å². The molecule has 8 heteroatoms. The van der Waals surface area contributed by atoms with Gasteiger partial charge in [0, 0.05) is 24.7 Å². The number of aromatic nitrogens is 3. The maximum atomic E-state index is 12.8. The molecule has 3 heterocycles. The number of benzene rings is 1. The molecule has 1 N–H and O–H groups in total. The lowest BCUT2D eigenvalue weighted by molar-refractivity contribution is 0.390. The SMILES string of the molecule is Cc1noc(C)c1S(=O)(=O)Nc1ccccc1-c1cn2c(n1)CCCC2. The van der Waals surface area contributed by atoms with Gasteiger partial charge >= 0.3 is 0 Å². The summed E-state index contributed by atoms with van der Waals surface area (Å²) in [5, 5.41) is 3.74. The molecule has 0 spiro atoms. The Bertz CT molecular complexity index is 1020. The van der Waals surface area contributed by atoms with E-state index in [1.165, 1.54) is 0 Å². The van der Waals surface area contributed by atoms with Gasteiger partial charge in [-0.1, -0.05) is 23.4 Å². The normalized spacial score (nSPS) is 14.2. The molecule has 0 radical (unpaired) electrons. The van der Waals surface area contributed by atoms with Gasteiger partial charge in [-0.2, -0.15) is 0 Å². The first-order valence-corrected chi connectivity index (χ1v) is 10.0. The second-order valence-corrected chi connectivity index (χ2v) is 8.12. The van der Waals surface area contributed by atoms with Crippen LogP contribution in [0.1, 0.15) is 30.1 Å². The number of para-hydroxylation sites is 1. The average Bonchev–Trinajstić information content (AvgIpc) is 3.18. The van der Waals surface area contributed by atoms with Crippen LogP contribution in [-0.2, 0) is 23.0 Å². The van der Waals surface area contributed by atoms with Crippen molar-refractivity contribution in [3.05, 3.63) is 47.7 Å². The molecular weight excluding hydrogens is 352 g/mol. The molecule has 4 rings (SSSR count). The third-order valence-electron chi connectivity index (χ3n) is 4.59. The van der Waals surface area contributed by atoms with Crippen molar-refractivity contribution in [2.45, 2.75) is 44.6 Å². The highest BCUT2D eigenvalue weighted by molar-refractivity contribution is 7.92. The van der Waals surface area contributed by atoms with Gasteiger partial charge in [-0.3, -0.25) is 4.72 Å². The number of aryl methyl sites for hydroxylation is 4. The Kier molecular flexibility index (Phi) is 4.07. The van der Waals surface area contributed by atoms with Crippen molar-refractivity contribution in [2.24, 2.45) is 0 Å². The zero-order chi connectivity index (χ0) is 18.3. The highest BCUT2D eigenvalue weighted by Crippen LogP contribution is 2.31. The number of sulfonamides is 1. The van der Waals surface area contributed by atoms with Gasteiger partial charge in [0.25, 0.3) is 10.0 Å². The fourth-order valence-electron chi connectivity index (χ4n) is 3.39. The second kappa shape index (κ2) is 6.28. The van der Waals surface area contributed by atoms with Crippen LogP contribution >= 0.6 is 0 Å². The lowest BCUT2D eigenvalue weighted by Gasteiger charge is -2.11. The molecule has 26 heavy (non-hydrogen) atoms. The fourth-order valence-corrected chi connectivity index (χ4v) is 4.80. The van der Waals surface area contributed by atoms with E-state index in [1.807, 2.05) is 18.3 Å². The Morgan fingerprint density at radius 1 is 1.19 bits per heavy atom. The summed E-state index contributed by atoms with van der Waals surface area (Å²) in [6.07, 6.45) is 5.23.